The van der Waals surface area contributed by atoms with Crippen LogP contribution < -0.4 is 0 Å². The number of aliphatic hydroxyl groups is 1. The van der Waals surface area contributed by atoms with Crippen LogP contribution in [0.1, 0.15) is 11.3 Å². The first-order valence-electron chi connectivity index (χ1n) is 5.55. The molecule has 0 bridgehead atoms. The summed E-state index contributed by atoms with van der Waals surface area (Å²) in [5, 5.41) is 14.3. The Morgan fingerprint density at radius 3 is 2.71 bits per heavy atom. The molecular formula is C13H15BrN2O. The van der Waals surface area contributed by atoms with Gasteiger partial charge in [-0.15, -0.1) is 0 Å². The molecule has 1 N–H and O–H groups in total. The molecular weight excluding hydrogens is 280 g/mol. The van der Waals surface area contributed by atoms with E-state index >= 15 is 0 Å². The van der Waals surface area contributed by atoms with Crippen molar-refractivity contribution in [2.24, 2.45) is 7.05 Å². The van der Waals surface area contributed by atoms with Gasteiger partial charge >= 0.3 is 0 Å². The molecule has 2 rings (SSSR count). The number of hydrogen-bond acceptors (Lipinski definition) is 2. The molecule has 3 nitrogen and oxygen atoms in total. The van der Waals surface area contributed by atoms with Crippen molar-refractivity contribution in [2.75, 3.05) is 0 Å². The third kappa shape index (κ3) is 3.41. The van der Waals surface area contributed by atoms with Gasteiger partial charge in [0.05, 0.1) is 11.8 Å². The summed E-state index contributed by atoms with van der Waals surface area (Å²) in [4.78, 5) is 0. The summed E-state index contributed by atoms with van der Waals surface area (Å²) >= 11 is 3.48. The molecule has 0 amide bonds. The van der Waals surface area contributed by atoms with Crippen LogP contribution in [0.3, 0.4) is 0 Å². The smallest absolute Gasteiger partial charge is 0.0650 e. The molecule has 0 radical (unpaired) electrons. The number of rotatable bonds is 4. The SMILES string of the molecule is Cn1ccc(CC(O)Cc2ccccc2Br)n1. The van der Waals surface area contributed by atoms with E-state index in [1.54, 1.807) is 4.68 Å². The summed E-state index contributed by atoms with van der Waals surface area (Å²) in [6.07, 6.45) is 2.71. The van der Waals surface area contributed by atoms with Crippen LogP contribution >= 0.6 is 15.9 Å². The van der Waals surface area contributed by atoms with E-state index in [0.717, 1.165) is 15.7 Å². The van der Waals surface area contributed by atoms with Gasteiger partial charge in [0.25, 0.3) is 0 Å². The van der Waals surface area contributed by atoms with Gasteiger partial charge in [-0.05, 0) is 24.1 Å². The van der Waals surface area contributed by atoms with Crippen molar-refractivity contribution in [3.63, 3.8) is 0 Å². The average Bonchev–Trinajstić information content (AvgIpc) is 2.67. The first-order chi connectivity index (χ1) is 8.15. The van der Waals surface area contributed by atoms with E-state index in [2.05, 4.69) is 21.0 Å². The highest BCUT2D eigenvalue weighted by Crippen LogP contribution is 2.18. The predicted octanol–water partition coefficient (Wildman–Crippen LogP) is 2.33. The standard InChI is InChI=1S/C13H15BrN2O/c1-16-7-6-11(15-16)9-12(17)8-10-4-2-3-5-13(10)14/h2-7,12,17H,8-9H2,1H3. The lowest BCUT2D eigenvalue weighted by Gasteiger charge is -2.10. The van der Waals surface area contributed by atoms with Crippen LogP contribution in [0.25, 0.3) is 0 Å². The molecule has 17 heavy (non-hydrogen) atoms. The van der Waals surface area contributed by atoms with Gasteiger partial charge in [-0.25, -0.2) is 0 Å². The molecule has 2 aromatic rings. The summed E-state index contributed by atoms with van der Waals surface area (Å²) < 4.78 is 2.79. The Morgan fingerprint density at radius 1 is 1.29 bits per heavy atom. The molecule has 0 fully saturated rings. The number of aryl methyl sites for hydroxylation is 1. The first-order valence-corrected chi connectivity index (χ1v) is 6.34. The fourth-order valence-corrected chi connectivity index (χ4v) is 2.25. The highest BCUT2D eigenvalue weighted by Gasteiger charge is 2.10. The zero-order valence-corrected chi connectivity index (χ0v) is 11.3. The second-order valence-electron chi connectivity index (χ2n) is 4.13. The Hall–Kier alpha value is -1.13. The molecule has 1 aromatic heterocycles. The Balaban J connectivity index is 1.98. The summed E-state index contributed by atoms with van der Waals surface area (Å²) in [6, 6.07) is 9.89. The molecule has 0 saturated heterocycles. The molecule has 0 aliphatic heterocycles. The maximum Gasteiger partial charge on any atom is 0.0650 e. The van der Waals surface area contributed by atoms with E-state index in [1.165, 1.54) is 0 Å². The van der Waals surface area contributed by atoms with Gasteiger partial charge < -0.3 is 5.11 Å². The van der Waals surface area contributed by atoms with Crippen LogP contribution in [0, 0.1) is 0 Å². The fraction of sp³-hybridized carbons (Fsp3) is 0.308. The number of aliphatic hydroxyl groups excluding tert-OH is 1. The molecule has 90 valence electrons. The molecule has 1 aromatic carbocycles. The Bertz CT molecular complexity index is 496. The van der Waals surface area contributed by atoms with E-state index < -0.39 is 6.10 Å². The number of hydrogen-bond donors (Lipinski definition) is 1. The first kappa shape index (κ1) is 12.3. The Kier molecular flexibility index (Phi) is 3.97. The fourth-order valence-electron chi connectivity index (χ4n) is 1.80. The molecule has 1 heterocycles. The molecule has 0 aliphatic carbocycles. The van der Waals surface area contributed by atoms with Gasteiger partial charge in [0.2, 0.25) is 0 Å². The third-order valence-corrected chi connectivity index (χ3v) is 3.40. The number of benzene rings is 1. The van der Waals surface area contributed by atoms with Gasteiger partial charge in [-0.1, -0.05) is 34.1 Å². The molecule has 0 saturated carbocycles. The molecule has 1 atom stereocenters. The van der Waals surface area contributed by atoms with Crippen molar-refractivity contribution in [3.05, 3.63) is 52.3 Å². The van der Waals surface area contributed by atoms with Crippen molar-refractivity contribution >= 4 is 15.9 Å². The van der Waals surface area contributed by atoms with Crippen LogP contribution in [-0.2, 0) is 19.9 Å². The summed E-state index contributed by atoms with van der Waals surface area (Å²) in [7, 11) is 1.88. The normalized spacial score (nSPS) is 12.6. The maximum absolute atomic E-state index is 10.0. The minimum absolute atomic E-state index is 0.399. The summed E-state index contributed by atoms with van der Waals surface area (Å²) in [6.45, 7) is 0. The second-order valence-corrected chi connectivity index (χ2v) is 4.99. The van der Waals surface area contributed by atoms with Gasteiger partial charge in [0.1, 0.15) is 0 Å². The van der Waals surface area contributed by atoms with Gasteiger partial charge in [0.15, 0.2) is 0 Å². The lowest BCUT2D eigenvalue weighted by Crippen LogP contribution is -2.14. The van der Waals surface area contributed by atoms with Crippen LogP contribution in [0.2, 0.25) is 0 Å². The van der Waals surface area contributed by atoms with Crippen molar-refractivity contribution in [1.82, 2.24) is 9.78 Å². The van der Waals surface area contributed by atoms with E-state index in [0.29, 0.717) is 12.8 Å². The average molecular weight is 295 g/mol. The summed E-state index contributed by atoms with van der Waals surface area (Å²) in [5.41, 5.74) is 2.04. The topological polar surface area (TPSA) is 38.0 Å². The quantitative estimate of drug-likeness (QED) is 0.940. The Morgan fingerprint density at radius 2 is 2.06 bits per heavy atom. The largest absolute Gasteiger partial charge is 0.392 e. The van der Waals surface area contributed by atoms with Crippen molar-refractivity contribution in [2.45, 2.75) is 18.9 Å². The van der Waals surface area contributed by atoms with Crippen molar-refractivity contribution in [1.29, 1.82) is 0 Å². The highest BCUT2D eigenvalue weighted by molar-refractivity contribution is 9.10. The van der Waals surface area contributed by atoms with Gasteiger partial charge in [0, 0.05) is 24.1 Å². The van der Waals surface area contributed by atoms with E-state index in [4.69, 9.17) is 0 Å². The molecule has 1 unspecified atom stereocenters. The van der Waals surface area contributed by atoms with Gasteiger partial charge in [-0.3, -0.25) is 4.68 Å². The van der Waals surface area contributed by atoms with Crippen molar-refractivity contribution < 1.29 is 5.11 Å². The number of aromatic nitrogens is 2. The molecule has 0 spiro atoms. The predicted molar refractivity (Wildman–Crippen MR) is 70.8 cm³/mol. The highest BCUT2D eigenvalue weighted by atomic mass is 79.9. The monoisotopic (exact) mass is 294 g/mol. The summed E-state index contributed by atoms with van der Waals surface area (Å²) in [5.74, 6) is 0. The van der Waals surface area contributed by atoms with Crippen molar-refractivity contribution in [3.8, 4) is 0 Å². The zero-order chi connectivity index (χ0) is 12.3. The third-order valence-electron chi connectivity index (χ3n) is 2.63. The number of halogens is 1. The molecule has 0 aliphatic rings. The number of nitrogens with zero attached hydrogens (tertiary/aromatic N) is 2. The lowest BCUT2D eigenvalue weighted by molar-refractivity contribution is 0.174. The minimum Gasteiger partial charge on any atom is -0.392 e. The van der Waals surface area contributed by atoms with Crippen LogP contribution in [0.5, 0.6) is 0 Å². The lowest BCUT2D eigenvalue weighted by atomic mass is 10.0. The van der Waals surface area contributed by atoms with E-state index in [1.807, 2.05) is 43.6 Å². The maximum atomic E-state index is 10.0. The van der Waals surface area contributed by atoms with Crippen LogP contribution in [-0.4, -0.2) is 21.0 Å². The minimum atomic E-state index is -0.399. The second kappa shape index (κ2) is 5.47. The van der Waals surface area contributed by atoms with E-state index in [9.17, 15) is 5.11 Å². The van der Waals surface area contributed by atoms with Crippen LogP contribution in [0.15, 0.2) is 41.0 Å². The van der Waals surface area contributed by atoms with Gasteiger partial charge in [-0.2, -0.15) is 5.10 Å². The molecule has 4 heteroatoms. The zero-order valence-electron chi connectivity index (χ0n) is 9.68. The van der Waals surface area contributed by atoms with E-state index in [-0.39, 0.29) is 0 Å². The van der Waals surface area contributed by atoms with Crippen LogP contribution in [0.4, 0.5) is 0 Å². The Labute approximate surface area is 109 Å².